The molecule has 0 aliphatic carbocycles. The van der Waals surface area contributed by atoms with E-state index in [1.54, 1.807) is 30.3 Å². The number of rotatable bonds is 13. The molecule has 1 unspecified atom stereocenters. The highest BCUT2D eigenvalue weighted by Gasteiger charge is 2.32. The lowest BCUT2D eigenvalue weighted by Crippen LogP contribution is -2.51. The summed E-state index contributed by atoms with van der Waals surface area (Å²) in [6.07, 6.45) is -1.20. The summed E-state index contributed by atoms with van der Waals surface area (Å²) >= 11 is 0. The van der Waals surface area contributed by atoms with Gasteiger partial charge in [-0.1, -0.05) is 43.7 Å². The molecular formula is C23H33N3O6S. The summed E-state index contributed by atoms with van der Waals surface area (Å²) in [7, 11) is -3.94. The van der Waals surface area contributed by atoms with E-state index in [1.165, 1.54) is 28.6 Å². The molecule has 0 spiro atoms. The van der Waals surface area contributed by atoms with Gasteiger partial charge in [-0.3, -0.25) is 0 Å². The average Bonchev–Trinajstić information content (AvgIpc) is 2.79. The van der Waals surface area contributed by atoms with E-state index in [1.807, 2.05) is 6.92 Å². The Bertz CT molecular complexity index is 969. The van der Waals surface area contributed by atoms with Gasteiger partial charge in [-0.2, -0.15) is 4.31 Å². The largest absolute Gasteiger partial charge is 0.508 e. The summed E-state index contributed by atoms with van der Waals surface area (Å²) in [6, 6.07) is 13.1. The highest BCUT2D eigenvalue weighted by atomic mass is 32.2. The predicted octanol–water partition coefficient (Wildman–Crippen LogP) is 2.00. The first-order chi connectivity index (χ1) is 15.7. The van der Waals surface area contributed by atoms with Crippen LogP contribution < -0.4 is 11.1 Å². The number of sulfonamides is 1. The molecule has 182 valence electrons. The highest BCUT2D eigenvalue weighted by molar-refractivity contribution is 7.89. The number of nitrogens with zero attached hydrogens (tertiary/aromatic N) is 1. The standard InChI is InChI=1S/C23H33N3O6S/c1-2-17(12-13-24)15-26(33(31,32)20-6-4-3-5-7-20)16-22(28)21(25-23(29)30)14-18-8-10-19(27)11-9-18/h3-11,17,21-22,25,27-28H,2,12-16,24H2,1H3,(H,29,30)/t17?,21-,22+/m0/s1. The molecule has 0 bridgehead atoms. The third-order valence-corrected chi connectivity index (χ3v) is 7.40. The Kier molecular flexibility index (Phi) is 10.1. The minimum atomic E-state index is -3.94. The molecule has 0 saturated heterocycles. The van der Waals surface area contributed by atoms with Gasteiger partial charge in [0.1, 0.15) is 5.75 Å². The number of carbonyl (C=O) groups is 1. The molecule has 9 nitrogen and oxygen atoms in total. The number of carboxylic acid groups (broad SMARTS) is 1. The maximum atomic E-state index is 13.4. The number of nitrogens with one attached hydrogen (secondary N) is 1. The fraction of sp³-hybridized carbons (Fsp3) is 0.435. The molecule has 33 heavy (non-hydrogen) atoms. The van der Waals surface area contributed by atoms with Crippen LogP contribution in [0.4, 0.5) is 4.79 Å². The number of hydrogen-bond acceptors (Lipinski definition) is 6. The molecule has 3 atom stereocenters. The van der Waals surface area contributed by atoms with Crippen LogP contribution in [0, 0.1) is 5.92 Å². The van der Waals surface area contributed by atoms with Crippen LogP contribution in [0.15, 0.2) is 59.5 Å². The van der Waals surface area contributed by atoms with Gasteiger partial charge >= 0.3 is 6.09 Å². The predicted molar refractivity (Wildman–Crippen MR) is 125 cm³/mol. The summed E-state index contributed by atoms with van der Waals surface area (Å²) in [5.41, 5.74) is 6.37. The van der Waals surface area contributed by atoms with Crippen LogP contribution in [0.3, 0.4) is 0 Å². The van der Waals surface area contributed by atoms with Crippen LogP contribution >= 0.6 is 0 Å². The van der Waals surface area contributed by atoms with Crippen molar-refractivity contribution in [2.75, 3.05) is 19.6 Å². The lowest BCUT2D eigenvalue weighted by atomic mass is 10.00. The van der Waals surface area contributed by atoms with Crippen molar-refractivity contribution >= 4 is 16.1 Å². The number of amides is 1. The fourth-order valence-electron chi connectivity index (χ4n) is 3.62. The topological polar surface area (TPSA) is 153 Å². The molecule has 0 aliphatic heterocycles. The number of aliphatic hydroxyl groups excluding tert-OH is 1. The molecule has 0 aromatic heterocycles. The lowest BCUT2D eigenvalue weighted by molar-refractivity contribution is 0.0965. The zero-order chi connectivity index (χ0) is 24.4. The third kappa shape index (κ3) is 8.01. The van der Waals surface area contributed by atoms with Crippen molar-refractivity contribution < 1.29 is 28.5 Å². The molecule has 0 heterocycles. The Labute approximate surface area is 194 Å². The summed E-state index contributed by atoms with van der Waals surface area (Å²) < 4.78 is 28.0. The molecule has 2 aromatic rings. The summed E-state index contributed by atoms with van der Waals surface area (Å²) in [5, 5.41) is 32.0. The smallest absolute Gasteiger partial charge is 0.404 e. The Morgan fingerprint density at radius 2 is 1.73 bits per heavy atom. The first kappa shape index (κ1) is 26.6. The lowest BCUT2D eigenvalue weighted by Gasteiger charge is -2.31. The summed E-state index contributed by atoms with van der Waals surface area (Å²) in [4.78, 5) is 11.5. The maximum absolute atomic E-state index is 13.4. The van der Waals surface area contributed by atoms with Crippen LogP contribution in [0.5, 0.6) is 5.75 Å². The Hall–Kier alpha value is -2.66. The quantitative estimate of drug-likeness (QED) is 0.294. The molecule has 6 N–H and O–H groups in total. The summed E-state index contributed by atoms with van der Waals surface area (Å²) in [6.45, 7) is 2.22. The Morgan fingerprint density at radius 1 is 1.09 bits per heavy atom. The molecule has 1 amide bonds. The average molecular weight is 480 g/mol. The second-order valence-corrected chi connectivity index (χ2v) is 9.92. The number of benzene rings is 2. The Balaban J connectivity index is 2.31. The van der Waals surface area contributed by atoms with E-state index >= 15 is 0 Å². The molecular weight excluding hydrogens is 446 g/mol. The van der Waals surface area contributed by atoms with E-state index in [9.17, 15) is 28.5 Å². The number of aromatic hydroxyl groups is 1. The molecule has 0 aliphatic rings. The minimum Gasteiger partial charge on any atom is -0.508 e. The van der Waals surface area contributed by atoms with Gasteiger partial charge in [-0.05, 0) is 55.1 Å². The summed E-state index contributed by atoms with van der Waals surface area (Å²) in [5.74, 6) is 0.0522. The Morgan fingerprint density at radius 3 is 2.27 bits per heavy atom. The molecule has 2 rings (SSSR count). The number of hydrogen-bond donors (Lipinski definition) is 5. The maximum Gasteiger partial charge on any atom is 0.404 e. The second kappa shape index (κ2) is 12.5. The van der Waals surface area contributed by atoms with E-state index in [4.69, 9.17) is 5.73 Å². The van der Waals surface area contributed by atoms with E-state index in [-0.39, 0.29) is 36.1 Å². The first-order valence-electron chi connectivity index (χ1n) is 10.9. The number of aliphatic hydroxyl groups is 1. The zero-order valence-electron chi connectivity index (χ0n) is 18.7. The van der Waals surface area contributed by atoms with Gasteiger partial charge in [-0.15, -0.1) is 0 Å². The van der Waals surface area contributed by atoms with Crippen LogP contribution in [-0.4, -0.2) is 65.9 Å². The minimum absolute atomic E-state index is 0.0105. The van der Waals surface area contributed by atoms with E-state index in [0.29, 0.717) is 24.9 Å². The van der Waals surface area contributed by atoms with Crippen molar-refractivity contribution in [2.24, 2.45) is 11.7 Å². The van der Waals surface area contributed by atoms with Gasteiger partial charge in [0.25, 0.3) is 0 Å². The molecule has 0 radical (unpaired) electrons. The van der Waals surface area contributed by atoms with Crippen LogP contribution in [0.1, 0.15) is 25.3 Å². The van der Waals surface area contributed by atoms with Crippen molar-refractivity contribution in [1.82, 2.24) is 9.62 Å². The monoisotopic (exact) mass is 479 g/mol. The van der Waals surface area contributed by atoms with Gasteiger partial charge in [0.05, 0.1) is 17.0 Å². The van der Waals surface area contributed by atoms with Crippen LogP contribution in [0.2, 0.25) is 0 Å². The van der Waals surface area contributed by atoms with Gasteiger partial charge in [0.2, 0.25) is 10.0 Å². The second-order valence-electron chi connectivity index (χ2n) is 7.98. The molecule has 0 saturated carbocycles. The van der Waals surface area contributed by atoms with Crippen molar-refractivity contribution in [1.29, 1.82) is 0 Å². The molecule has 2 aromatic carbocycles. The number of phenols is 1. The van der Waals surface area contributed by atoms with Crippen LogP contribution in [0.25, 0.3) is 0 Å². The van der Waals surface area contributed by atoms with Gasteiger partial charge in [0, 0.05) is 13.1 Å². The van der Waals surface area contributed by atoms with E-state index < -0.39 is 28.3 Å². The SMILES string of the molecule is CCC(CCN)CN(C[C@@H](O)[C@H](Cc1ccc(O)cc1)NC(=O)O)S(=O)(=O)c1ccccc1. The first-order valence-corrected chi connectivity index (χ1v) is 12.3. The van der Waals surface area contributed by atoms with Crippen molar-refractivity contribution in [3.63, 3.8) is 0 Å². The van der Waals surface area contributed by atoms with Gasteiger partial charge in [-0.25, -0.2) is 13.2 Å². The highest BCUT2D eigenvalue weighted by Crippen LogP contribution is 2.21. The van der Waals surface area contributed by atoms with Gasteiger partial charge in [0.15, 0.2) is 0 Å². The third-order valence-electron chi connectivity index (χ3n) is 5.55. The normalized spacial score (nSPS) is 14.5. The van der Waals surface area contributed by atoms with E-state index in [2.05, 4.69) is 5.32 Å². The van der Waals surface area contributed by atoms with Crippen molar-refractivity contribution in [3.05, 3.63) is 60.2 Å². The van der Waals surface area contributed by atoms with Crippen molar-refractivity contribution in [2.45, 2.75) is 43.2 Å². The number of phenolic OH excluding ortho intramolecular Hbond substituents is 1. The number of nitrogens with two attached hydrogens (primary N) is 1. The fourth-order valence-corrected chi connectivity index (χ4v) is 5.18. The zero-order valence-corrected chi connectivity index (χ0v) is 19.5. The van der Waals surface area contributed by atoms with Crippen molar-refractivity contribution in [3.8, 4) is 5.75 Å². The molecule has 10 heteroatoms. The van der Waals surface area contributed by atoms with E-state index in [0.717, 1.165) is 0 Å². The van der Waals surface area contributed by atoms with Gasteiger partial charge < -0.3 is 26.4 Å². The van der Waals surface area contributed by atoms with Crippen LogP contribution in [-0.2, 0) is 16.4 Å². The molecule has 0 fully saturated rings.